The quantitative estimate of drug-likeness (QED) is 0.177. The number of para-hydroxylation sites is 3. The van der Waals surface area contributed by atoms with Crippen LogP contribution >= 0.6 is 0 Å². The van der Waals surface area contributed by atoms with Crippen molar-refractivity contribution in [1.29, 1.82) is 0 Å². The molecule has 4 aromatic heterocycles. The van der Waals surface area contributed by atoms with Crippen LogP contribution in [0.2, 0.25) is 0 Å². The van der Waals surface area contributed by atoms with E-state index in [-0.39, 0.29) is 0 Å². The summed E-state index contributed by atoms with van der Waals surface area (Å²) in [7, 11) is 0. The number of benzene rings is 8. The van der Waals surface area contributed by atoms with Crippen molar-refractivity contribution in [3.63, 3.8) is 0 Å². The lowest BCUT2D eigenvalue weighted by Gasteiger charge is -2.10. The molecule has 0 atom stereocenters. The maximum Gasteiger partial charge on any atom is 0.164 e. The van der Waals surface area contributed by atoms with E-state index in [2.05, 4.69) is 137 Å². The average Bonchev–Trinajstić information content (AvgIpc) is 3.93. The number of rotatable bonds is 5. The SMILES string of the molecule is c1ccc(-c2nc(-c3ccccc3)nc(-c3ccc4c5cc6c(cc5n(-c5ccccc5)c4c3)oc3cccc(-n4c5ccccc5c5ccccc54)c36)n2)cc1. The van der Waals surface area contributed by atoms with E-state index in [1.54, 1.807) is 0 Å². The van der Waals surface area contributed by atoms with Crippen LogP contribution < -0.4 is 0 Å². The van der Waals surface area contributed by atoms with Gasteiger partial charge in [-0.25, -0.2) is 15.0 Å². The zero-order chi connectivity index (χ0) is 37.5. The highest BCUT2D eigenvalue weighted by Gasteiger charge is 2.22. The summed E-state index contributed by atoms with van der Waals surface area (Å²) < 4.78 is 11.5. The van der Waals surface area contributed by atoms with Crippen LogP contribution in [-0.4, -0.2) is 24.1 Å². The lowest BCUT2D eigenvalue weighted by Crippen LogP contribution is -2.00. The molecule has 57 heavy (non-hydrogen) atoms. The molecule has 4 heterocycles. The Hall–Kier alpha value is -7.83. The molecule has 0 unspecified atom stereocenters. The summed E-state index contributed by atoms with van der Waals surface area (Å²) in [6.07, 6.45) is 0. The van der Waals surface area contributed by atoms with Crippen molar-refractivity contribution >= 4 is 65.6 Å². The number of aromatic nitrogens is 5. The molecule has 0 N–H and O–H groups in total. The Morgan fingerprint density at radius 2 is 0.877 bits per heavy atom. The second-order valence-electron chi connectivity index (χ2n) is 14.4. The van der Waals surface area contributed by atoms with Gasteiger partial charge in [0.25, 0.3) is 0 Å². The summed E-state index contributed by atoms with van der Waals surface area (Å²) in [5, 5.41) is 6.88. The van der Waals surface area contributed by atoms with E-state index >= 15 is 0 Å². The van der Waals surface area contributed by atoms with Crippen molar-refractivity contribution in [2.45, 2.75) is 0 Å². The van der Waals surface area contributed by atoms with E-state index in [0.29, 0.717) is 17.5 Å². The summed E-state index contributed by atoms with van der Waals surface area (Å²) in [6, 6.07) is 65.5. The van der Waals surface area contributed by atoms with Gasteiger partial charge in [0, 0.05) is 55.4 Å². The Bertz CT molecular complexity index is 3400. The summed E-state index contributed by atoms with van der Waals surface area (Å²) >= 11 is 0. The maximum atomic E-state index is 6.76. The van der Waals surface area contributed by atoms with Crippen molar-refractivity contribution in [3.05, 3.63) is 188 Å². The van der Waals surface area contributed by atoms with Crippen LogP contribution in [0.4, 0.5) is 0 Å². The zero-order valence-electron chi connectivity index (χ0n) is 30.5. The first-order chi connectivity index (χ1) is 28.3. The first kappa shape index (κ1) is 31.5. The van der Waals surface area contributed by atoms with Crippen LogP contribution in [0, 0.1) is 0 Å². The normalized spacial score (nSPS) is 11.9. The van der Waals surface area contributed by atoms with E-state index in [9.17, 15) is 0 Å². The predicted octanol–water partition coefficient (Wildman–Crippen LogP) is 13.0. The van der Waals surface area contributed by atoms with Crippen LogP contribution in [0.25, 0.3) is 111 Å². The third kappa shape index (κ3) is 4.87. The highest BCUT2D eigenvalue weighted by atomic mass is 16.3. The summed E-state index contributed by atoms with van der Waals surface area (Å²) in [6.45, 7) is 0. The first-order valence-corrected chi connectivity index (χ1v) is 19.1. The Morgan fingerprint density at radius 3 is 1.53 bits per heavy atom. The van der Waals surface area contributed by atoms with Crippen LogP contribution in [0.15, 0.2) is 192 Å². The third-order valence-corrected chi connectivity index (χ3v) is 11.2. The minimum absolute atomic E-state index is 0.616. The molecule has 0 saturated carbocycles. The highest BCUT2D eigenvalue weighted by molar-refractivity contribution is 6.20. The fraction of sp³-hybridized carbons (Fsp3) is 0. The summed E-state index contributed by atoms with van der Waals surface area (Å²) in [4.78, 5) is 15.1. The van der Waals surface area contributed by atoms with Crippen molar-refractivity contribution in [1.82, 2.24) is 24.1 Å². The van der Waals surface area contributed by atoms with Crippen molar-refractivity contribution in [3.8, 4) is 45.5 Å². The molecule has 0 bridgehead atoms. The van der Waals surface area contributed by atoms with Gasteiger partial charge in [0.05, 0.1) is 33.1 Å². The Balaban J connectivity index is 1.12. The van der Waals surface area contributed by atoms with Crippen molar-refractivity contribution in [2.75, 3.05) is 0 Å². The smallest absolute Gasteiger partial charge is 0.164 e. The zero-order valence-corrected chi connectivity index (χ0v) is 30.5. The molecule has 0 fully saturated rings. The Labute approximate surface area is 326 Å². The minimum Gasteiger partial charge on any atom is -0.456 e. The number of nitrogens with zero attached hydrogens (tertiary/aromatic N) is 5. The molecule has 0 aliphatic carbocycles. The van der Waals surface area contributed by atoms with E-state index in [1.165, 1.54) is 21.8 Å². The molecular formula is C51H31N5O. The van der Waals surface area contributed by atoms with Gasteiger partial charge in [-0.05, 0) is 48.5 Å². The van der Waals surface area contributed by atoms with Crippen molar-refractivity contribution in [2.24, 2.45) is 0 Å². The second kappa shape index (κ2) is 12.3. The third-order valence-electron chi connectivity index (χ3n) is 11.2. The van der Waals surface area contributed by atoms with Crippen LogP contribution in [0.1, 0.15) is 0 Å². The average molecular weight is 730 g/mol. The molecule has 0 radical (unpaired) electrons. The standard InChI is InChI=1S/C51H31N5O/c1-4-15-32(16-5-1)49-52-50(33-17-6-2-7-18-33)54-51(53-49)34-27-28-38-39-30-40-47(31-45(39)55(44(38)29-34)35-19-8-3-9-20-35)57-46-26-14-25-43(48(40)46)56-41-23-12-10-21-36(41)37-22-11-13-24-42(37)56/h1-31H. The first-order valence-electron chi connectivity index (χ1n) is 19.1. The maximum absolute atomic E-state index is 6.76. The van der Waals surface area contributed by atoms with Crippen molar-refractivity contribution < 1.29 is 4.42 Å². The van der Waals surface area contributed by atoms with Gasteiger partial charge in [0.15, 0.2) is 17.5 Å². The molecule has 0 aliphatic heterocycles. The molecule has 0 saturated heterocycles. The van der Waals surface area contributed by atoms with Gasteiger partial charge < -0.3 is 13.6 Å². The molecule has 0 spiro atoms. The lowest BCUT2D eigenvalue weighted by atomic mass is 10.1. The molecule has 6 heteroatoms. The Morgan fingerprint density at radius 1 is 0.333 bits per heavy atom. The second-order valence-corrected chi connectivity index (χ2v) is 14.4. The molecule has 6 nitrogen and oxygen atoms in total. The molecule has 12 rings (SSSR count). The van der Waals surface area contributed by atoms with E-state index < -0.39 is 0 Å². The summed E-state index contributed by atoms with van der Waals surface area (Å²) in [5.41, 5.74) is 11.1. The van der Waals surface area contributed by atoms with Crippen LogP contribution in [0.3, 0.4) is 0 Å². The van der Waals surface area contributed by atoms with Gasteiger partial charge >= 0.3 is 0 Å². The fourth-order valence-electron chi connectivity index (χ4n) is 8.62. The topological polar surface area (TPSA) is 61.7 Å². The Kier molecular flexibility index (Phi) is 6.83. The molecule has 0 amide bonds. The highest BCUT2D eigenvalue weighted by Crippen LogP contribution is 2.43. The largest absolute Gasteiger partial charge is 0.456 e. The molecule has 0 aliphatic rings. The monoisotopic (exact) mass is 729 g/mol. The molecule has 12 aromatic rings. The van der Waals surface area contributed by atoms with E-state index in [0.717, 1.165) is 71.8 Å². The summed E-state index contributed by atoms with van der Waals surface area (Å²) in [5.74, 6) is 1.88. The number of hydrogen-bond acceptors (Lipinski definition) is 4. The number of furan rings is 1. The predicted molar refractivity (Wildman–Crippen MR) is 232 cm³/mol. The van der Waals surface area contributed by atoms with Crippen LogP contribution in [0.5, 0.6) is 0 Å². The fourth-order valence-corrected chi connectivity index (χ4v) is 8.62. The van der Waals surface area contributed by atoms with Gasteiger partial charge in [-0.3, -0.25) is 0 Å². The van der Waals surface area contributed by atoms with Gasteiger partial charge in [0.2, 0.25) is 0 Å². The number of fused-ring (bicyclic) bond motifs is 9. The van der Waals surface area contributed by atoms with E-state index in [1.807, 2.05) is 60.7 Å². The van der Waals surface area contributed by atoms with Gasteiger partial charge in [0.1, 0.15) is 11.2 Å². The molecule has 266 valence electrons. The number of hydrogen-bond donors (Lipinski definition) is 0. The van der Waals surface area contributed by atoms with Gasteiger partial charge in [-0.2, -0.15) is 0 Å². The van der Waals surface area contributed by atoms with E-state index in [4.69, 9.17) is 19.4 Å². The van der Waals surface area contributed by atoms with Gasteiger partial charge in [-0.15, -0.1) is 0 Å². The lowest BCUT2D eigenvalue weighted by molar-refractivity contribution is 0.669. The van der Waals surface area contributed by atoms with Gasteiger partial charge in [-0.1, -0.05) is 133 Å². The van der Waals surface area contributed by atoms with Crippen LogP contribution in [-0.2, 0) is 0 Å². The molecular weight excluding hydrogens is 699 g/mol. The molecule has 8 aromatic carbocycles. The minimum atomic E-state index is 0.616.